The highest BCUT2D eigenvalue weighted by Crippen LogP contribution is 2.37. The molecule has 0 saturated heterocycles. The van der Waals surface area contributed by atoms with E-state index in [0.717, 1.165) is 12.1 Å². The molecule has 5 nitrogen and oxygen atoms in total. The van der Waals surface area contributed by atoms with Crippen molar-refractivity contribution in [1.29, 1.82) is 5.26 Å². The normalized spacial score (nSPS) is 11.1. The molecule has 0 saturated carbocycles. The molecule has 2 aromatic carbocycles. The van der Waals surface area contributed by atoms with Gasteiger partial charge in [-0.05, 0) is 30.3 Å². The maximum atomic E-state index is 12.7. The number of alkyl halides is 3. The number of hydrogen-bond acceptors (Lipinski definition) is 5. The van der Waals surface area contributed by atoms with Crippen LogP contribution in [0.5, 0.6) is 11.5 Å². The number of rotatable bonds is 4. The lowest BCUT2D eigenvalue weighted by Crippen LogP contribution is -2.04. The second-order valence-electron chi connectivity index (χ2n) is 5.58. The molecule has 0 atom stereocenters. The van der Waals surface area contributed by atoms with Crippen molar-refractivity contribution >= 4 is 22.3 Å². The van der Waals surface area contributed by atoms with Crippen LogP contribution in [0.2, 0.25) is 0 Å². The van der Waals surface area contributed by atoms with Gasteiger partial charge in [0, 0.05) is 23.3 Å². The lowest BCUT2D eigenvalue weighted by atomic mass is 10.1. The average Bonchev–Trinajstić information content (AvgIpc) is 2.66. The van der Waals surface area contributed by atoms with Crippen LogP contribution in [0, 0.1) is 11.3 Å². The fourth-order valence-corrected chi connectivity index (χ4v) is 2.63. The quantitative estimate of drug-likeness (QED) is 0.706. The third-order valence-electron chi connectivity index (χ3n) is 3.98. The van der Waals surface area contributed by atoms with Gasteiger partial charge < -0.3 is 14.8 Å². The largest absolute Gasteiger partial charge is 0.493 e. The van der Waals surface area contributed by atoms with Gasteiger partial charge >= 0.3 is 6.18 Å². The summed E-state index contributed by atoms with van der Waals surface area (Å²) in [7, 11) is 2.98. The molecule has 3 rings (SSSR count). The molecule has 1 N–H and O–H groups in total. The molecule has 138 valence electrons. The molecule has 0 amide bonds. The maximum absolute atomic E-state index is 12.7. The molecule has 1 aromatic heterocycles. The van der Waals surface area contributed by atoms with Crippen LogP contribution in [-0.4, -0.2) is 19.2 Å². The topological polar surface area (TPSA) is 67.2 Å². The molecule has 0 fully saturated rings. The summed E-state index contributed by atoms with van der Waals surface area (Å²) in [6.45, 7) is 0. The molecule has 0 unspecified atom stereocenters. The van der Waals surface area contributed by atoms with Gasteiger partial charge in [0.05, 0.1) is 36.6 Å². The van der Waals surface area contributed by atoms with E-state index in [0.29, 0.717) is 33.8 Å². The molecular formula is C19H14F3N3O2. The van der Waals surface area contributed by atoms with Gasteiger partial charge in [-0.1, -0.05) is 0 Å². The van der Waals surface area contributed by atoms with Crippen molar-refractivity contribution in [3.63, 3.8) is 0 Å². The number of nitriles is 1. The van der Waals surface area contributed by atoms with E-state index in [-0.39, 0.29) is 5.56 Å². The van der Waals surface area contributed by atoms with Crippen molar-refractivity contribution in [1.82, 2.24) is 4.98 Å². The number of nitrogens with one attached hydrogen (secondary N) is 1. The third kappa shape index (κ3) is 3.58. The summed E-state index contributed by atoms with van der Waals surface area (Å²) in [5.74, 6) is 0.917. The third-order valence-corrected chi connectivity index (χ3v) is 3.98. The molecule has 0 radical (unpaired) electrons. The molecule has 8 heteroatoms. The number of aromatic nitrogens is 1. The highest BCUT2D eigenvalue weighted by Gasteiger charge is 2.30. The number of pyridine rings is 1. The first kappa shape index (κ1) is 18.3. The van der Waals surface area contributed by atoms with Gasteiger partial charge in [-0.2, -0.15) is 18.4 Å². The number of halogens is 3. The van der Waals surface area contributed by atoms with E-state index in [1.54, 1.807) is 12.1 Å². The smallest absolute Gasteiger partial charge is 0.416 e. The van der Waals surface area contributed by atoms with Gasteiger partial charge in [-0.15, -0.1) is 0 Å². The van der Waals surface area contributed by atoms with Crippen LogP contribution in [0.4, 0.5) is 24.5 Å². The summed E-state index contributed by atoms with van der Waals surface area (Å²) in [5.41, 5.74) is 0.861. The van der Waals surface area contributed by atoms with Gasteiger partial charge in [0.25, 0.3) is 0 Å². The SMILES string of the molecule is COc1cc2ncc(C#N)c(Nc3ccc(C(F)(F)F)cc3)c2cc1OC. The van der Waals surface area contributed by atoms with Crippen LogP contribution in [0.15, 0.2) is 42.6 Å². The van der Waals surface area contributed by atoms with Crippen LogP contribution in [0.3, 0.4) is 0 Å². The van der Waals surface area contributed by atoms with Crippen molar-refractivity contribution in [2.75, 3.05) is 19.5 Å². The Morgan fingerprint density at radius 3 is 2.22 bits per heavy atom. The van der Waals surface area contributed by atoms with Gasteiger partial charge in [-0.25, -0.2) is 0 Å². The Bertz CT molecular complexity index is 1030. The number of benzene rings is 2. The molecule has 3 aromatic rings. The summed E-state index contributed by atoms with van der Waals surface area (Å²) in [4.78, 5) is 4.24. The molecule has 0 bridgehead atoms. The van der Waals surface area contributed by atoms with Gasteiger partial charge in [0.2, 0.25) is 0 Å². The van der Waals surface area contributed by atoms with E-state index in [1.807, 2.05) is 6.07 Å². The Kier molecular flexibility index (Phi) is 4.77. The number of methoxy groups -OCH3 is 2. The van der Waals surface area contributed by atoms with E-state index in [4.69, 9.17) is 9.47 Å². The van der Waals surface area contributed by atoms with Crippen molar-refractivity contribution < 1.29 is 22.6 Å². The number of hydrogen-bond donors (Lipinski definition) is 1. The number of anilines is 2. The number of fused-ring (bicyclic) bond motifs is 1. The molecule has 0 spiro atoms. The summed E-state index contributed by atoms with van der Waals surface area (Å²) in [5, 5.41) is 13.0. The van der Waals surface area contributed by atoms with E-state index in [1.165, 1.54) is 32.5 Å². The fourth-order valence-electron chi connectivity index (χ4n) is 2.63. The zero-order valence-corrected chi connectivity index (χ0v) is 14.4. The Hall–Kier alpha value is -3.47. The fraction of sp³-hybridized carbons (Fsp3) is 0.158. The number of ether oxygens (including phenoxy) is 2. The zero-order chi connectivity index (χ0) is 19.6. The van der Waals surface area contributed by atoms with Crippen LogP contribution < -0.4 is 14.8 Å². The van der Waals surface area contributed by atoms with E-state index in [9.17, 15) is 18.4 Å². The van der Waals surface area contributed by atoms with Crippen molar-refractivity contribution in [2.45, 2.75) is 6.18 Å². The molecule has 0 aliphatic carbocycles. The molecular weight excluding hydrogens is 359 g/mol. The minimum atomic E-state index is -4.41. The predicted octanol–water partition coefficient (Wildman–Crippen LogP) is 4.89. The summed E-state index contributed by atoms with van der Waals surface area (Å²) < 4.78 is 48.7. The zero-order valence-electron chi connectivity index (χ0n) is 14.4. The highest BCUT2D eigenvalue weighted by molar-refractivity contribution is 5.97. The summed E-state index contributed by atoms with van der Waals surface area (Å²) in [6, 6.07) is 9.91. The summed E-state index contributed by atoms with van der Waals surface area (Å²) in [6.07, 6.45) is -3.02. The first-order chi connectivity index (χ1) is 12.9. The van der Waals surface area contributed by atoms with Crippen LogP contribution in [0.1, 0.15) is 11.1 Å². The Morgan fingerprint density at radius 1 is 1.04 bits per heavy atom. The Labute approximate surface area is 153 Å². The van der Waals surface area contributed by atoms with E-state index >= 15 is 0 Å². The van der Waals surface area contributed by atoms with Crippen molar-refractivity contribution in [2.24, 2.45) is 0 Å². The molecule has 27 heavy (non-hydrogen) atoms. The lowest BCUT2D eigenvalue weighted by Gasteiger charge is -2.15. The Balaban J connectivity index is 2.10. The van der Waals surface area contributed by atoms with Gasteiger partial charge in [0.15, 0.2) is 11.5 Å². The Morgan fingerprint density at radius 2 is 1.67 bits per heavy atom. The number of nitrogens with zero attached hydrogens (tertiary/aromatic N) is 2. The van der Waals surface area contributed by atoms with Crippen LogP contribution >= 0.6 is 0 Å². The van der Waals surface area contributed by atoms with Crippen LogP contribution in [0.25, 0.3) is 10.9 Å². The molecule has 0 aliphatic heterocycles. The van der Waals surface area contributed by atoms with E-state index < -0.39 is 11.7 Å². The summed E-state index contributed by atoms with van der Waals surface area (Å²) >= 11 is 0. The first-order valence-electron chi connectivity index (χ1n) is 7.76. The van der Waals surface area contributed by atoms with Gasteiger partial charge in [-0.3, -0.25) is 4.98 Å². The van der Waals surface area contributed by atoms with Crippen molar-refractivity contribution in [3.05, 3.63) is 53.7 Å². The lowest BCUT2D eigenvalue weighted by molar-refractivity contribution is -0.137. The van der Waals surface area contributed by atoms with Crippen molar-refractivity contribution in [3.8, 4) is 17.6 Å². The van der Waals surface area contributed by atoms with E-state index in [2.05, 4.69) is 10.3 Å². The predicted molar refractivity (Wildman–Crippen MR) is 94.3 cm³/mol. The second-order valence-corrected chi connectivity index (χ2v) is 5.58. The van der Waals surface area contributed by atoms with Gasteiger partial charge in [0.1, 0.15) is 6.07 Å². The molecule has 1 heterocycles. The first-order valence-corrected chi connectivity index (χ1v) is 7.76. The van der Waals surface area contributed by atoms with Crippen LogP contribution in [-0.2, 0) is 6.18 Å². The monoisotopic (exact) mass is 373 g/mol. The molecule has 0 aliphatic rings. The second kappa shape index (κ2) is 7.03. The minimum absolute atomic E-state index is 0.245. The average molecular weight is 373 g/mol. The standard InChI is InChI=1S/C19H14F3N3O2/c1-26-16-7-14-15(8-17(16)27-2)24-10-11(9-23)18(14)25-13-5-3-12(4-6-13)19(20,21)22/h3-8,10H,1-2H3,(H,24,25). The highest BCUT2D eigenvalue weighted by atomic mass is 19.4. The maximum Gasteiger partial charge on any atom is 0.416 e. The minimum Gasteiger partial charge on any atom is -0.493 e.